The minimum absolute atomic E-state index is 0.00785. The number of hydrogen-bond acceptors (Lipinski definition) is 6. The first-order chi connectivity index (χ1) is 16.0. The molecule has 1 N–H and O–H groups in total. The maximum atomic E-state index is 13.5. The van der Waals surface area contributed by atoms with E-state index in [0.29, 0.717) is 0 Å². The molecule has 2 aromatic rings. The first-order valence-electron chi connectivity index (χ1n) is 11.1. The van der Waals surface area contributed by atoms with E-state index in [1.54, 1.807) is 37.3 Å². The molecule has 186 valence electrons. The van der Waals surface area contributed by atoms with Crippen LogP contribution in [0.25, 0.3) is 6.08 Å². The van der Waals surface area contributed by atoms with Crippen molar-refractivity contribution in [3.05, 3.63) is 60.2 Å². The average molecular weight is 509 g/mol. The number of aliphatic hydroxyl groups is 1. The van der Waals surface area contributed by atoms with Crippen LogP contribution in [0, 0.1) is 5.92 Å². The Balaban J connectivity index is 2.05. The third kappa shape index (κ3) is 5.36. The van der Waals surface area contributed by atoms with Crippen LogP contribution in [0.2, 0.25) is 0 Å². The zero-order valence-corrected chi connectivity index (χ0v) is 21.5. The third-order valence-corrected chi connectivity index (χ3v) is 9.80. The summed E-state index contributed by atoms with van der Waals surface area (Å²) in [5.41, 5.74) is 0.760. The van der Waals surface area contributed by atoms with Gasteiger partial charge in [0.2, 0.25) is 20.0 Å². The fourth-order valence-electron chi connectivity index (χ4n) is 3.88. The molecular formula is C24H32N2O6S2. The minimum atomic E-state index is -3.95. The summed E-state index contributed by atoms with van der Waals surface area (Å²) >= 11 is 0. The molecule has 10 heteroatoms. The van der Waals surface area contributed by atoms with Crippen LogP contribution in [0.1, 0.15) is 26.3 Å². The van der Waals surface area contributed by atoms with Crippen molar-refractivity contribution in [2.45, 2.75) is 42.7 Å². The maximum absolute atomic E-state index is 13.5. The molecule has 8 nitrogen and oxygen atoms in total. The molecule has 0 saturated carbocycles. The number of hydrogen-bond donors (Lipinski definition) is 1. The van der Waals surface area contributed by atoms with Crippen LogP contribution in [0.3, 0.4) is 0 Å². The van der Waals surface area contributed by atoms with Crippen LogP contribution in [0.4, 0.5) is 0 Å². The fourth-order valence-corrected chi connectivity index (χ4v) is 6.91. The normalized spacial score (nSPS) is 22.1. The van der Waals surface area contributed by atoms with Crippen molar-refractivity contribution in [3.63, 3.8) is 0 Å². The first kappa shape index (κ1) is 26.4. The predicted molar refractivity (Wildman–Crippen MR) is 131 cm³/mol. The van der Waals surface area contributed by atoms with Crippen molar-refractivity contribution in [2.75, 3.05) is 26.7 Å². The molecule has 0 aliphatic carbocycles. The molecule has 2 aromatic carbocycles. The molecule has 1 heterocycles. The summed E-state index contributed by atoms with van der Waals surface area (Å²) in [6, 6.07) is 12.3. The van der Waals surface area contributed by atoms with Gasteiger partial charge < -0.3 is 9.84 Å². The van der Waals surface area contributed by atoms with Crippen molar-refractivity contribution in [2.24, 2.45) is 5.92 Å². The second-order valence-electron chi connectivity index (χ2n) is 8.54. The van der Waals surface area contributed by atoms with E-state index in [1.807, 2.05) is 26.0 Å². The summed E-state index contributed by atoms with van der Waals surface area (Å²) in [4.78, 5) is 0.163. The van der Waals surface area contributed by atoms with Gasteiger partial charge in [-0.15, -0.1) is 0 Å². The monoisotopic (exact) mass is 508 g/mol. The number of aliphatic hydroxyl groups excluding tert-OH is 1. The number of allylic oxidation sites excluding steroid dienone is 1. The SMILES string of the molecule is C/C=C/c1ccc2c(c1)O[C@@H](CN(C)S(=O)(=O)c1ccccc1)[C@@H](C)CN([C@@H](C)CO)S2(=O)=O. The Morgan fingerprint density at radius 3 is 2.53 bits per heavy atom. The summed E-state index contributed by atoms with van der Waals surface area (Å²) in [6.07, 6.45) is 3.03. The molecule has 0 radical (unpaired) electrons. The predicted octanol–water partition coefficient (Wildman–Crippen LogP) is 2.81. The Kier molecular flexibility index (Phi) is 8.20. The molecule has 0 amide bonds. The molecule has 0 saturated heterocycles. The van der Waals surface area contributed by atoms with E-state index in [9.17, 15) is 21.9 Å². The van der Waals surface area contributed by atoms with E-state index in [1.165, 1.54) is 33.9 Å². The lowest BCUT2D eigenvalue weighted by molar-refractivity contribution is 0.0904. The summed E-state index contributed by atoms with van der Waals surface area (Å²) < 4.78 is 61.9. The Morgan fingerprint density at radius 2 is 1.91 bits per heavy atom. The number of nitrogens with zero attached hydrogens (tertiary/aromatic N) is 2. The van der Waals surface area contributed by atoms with Gasteiger partial charge >= 0.3 is 0 Å². The fraction of sp³-hybridized carbons (Fsp3) is 0.417. The molecule has 0 unspecified atom stereocenters. The topological polar surface area (TPSA) is 104 Å². The highest BCUT2D eigenvalue weighted by molar-refractivity contribution is 7.89. The lowest BCUT2D eigenvalue weighted by Gasteiger charge is -2.37. The van der Waals surface area contributed by atoms with Crippen LogP contribution in [-0.2, 0) is 20.0 Å². The van der Waals surface area contributed by atoms with Gasteiger partial charge in [-0.3, -0.25) is 0 Å². The van der Waals surface area contributed by atoms with Gasteiger partial charge in [0.1, 0.15) is 16.7 Å². The molecule has 34 heavy (non-hydrogen) atoms. The zero-order valence-electron chi connectivity index (χ0n) is 19.8. The number of likely N-dealkylation sites (N-methyl/N-ethyl adjacent to an activating group) is 1. The number of sulfonamides is 2. The van der Waals surface area contributed by atoms with Crippen molar-refractivity contribution in [3.8, 4) is 5.75 Å². The Morgan fingerprint density at radius 1 is 1.24 bits per heavy atom. The Bertz CT molecular complexity index is 1230. The molecule has 1 aliphatic rings. The average Bonchev–Trinajstić information content (AvgIpc) is 2.81. The van der Waals surface area contributed by atoms with Gasteiger partial charge in [-0.05, 0) is 43.7 Å². The van der Waals surface area contributed by atoms with E-state index >= 15 is 0 Å². The quantitative estimate of drug-likeness (QED) is 0.617. The van der Waals surface area contributed by atoms with E-state index in [0.717, 1.165) is 5.56 Å². The second-order valence-corrected chi connectivity index (χ2v) is 12.4. The first-order valence-corrected chi connectivity index (χ1v) is 14.0. The van der Waals surface area contributed by atoms with Crippen LogP contribution in [0.5, 0.6) is 5.75 Å². The van der Waals surface area contributed by atoms with Crippen LogP contribution in [0.15, 0.2) is 64.4 Å². The van der Waals surface area contributed by atoms with Crippen molar-refractivity contribution < 1.29 is 26.7 Å². The second kappa shape index (κ2) is 10.6. The van der Waals surface area contributed by atoms with Crippen LogP contribution < -0.4 is 4.74 Å². The lowest BCUT2D eigenvalue weighted by Crippen LogP contribution is -2.50. The smallest absolute Gasteiger partial charge is 0.247 e. The molecule has 1 aliphatic heterocycles. The Hall–Kier alpha value is -2.24. The van der Waals surface area contributed by atoms with Crippen molar-refractivity contribution >= 4 is 26.1 Å². The number of rotatable bonds is 7. The zero-order chi connectivity index (χ0) is 25.1. The summed E-state index contributed by atoms with van der Waals surface area (Å²) in [5, 5.41) is 9.74. The molecule has 0 bridgehead atoms. The van der Waals surface area contributed by atoms with E-state index in [4.69, 9.17) is 4.74 Å². The standard InChI is InChI=1S/C24H32N2O6S2/c1-5-9-20-12-13-24-22(14-20)32-23(18(2)15-26(19(3)17-27)34(24,30)31)16-25(4)33(28,29)21-10-7-6-8-11-21/h5-14,18-19,23,27H,15-17H2,1-4H3/b9-5+/t18-,19-,23-/m0/s1. The van der Waals surface area contributed by atoms with Crippen LogP contribution >= 0.6 is 0 Å². The molecule has 0 aromatic heterocycles. The van der Waals surface area contributed by atoms with Crippen molar-refractivity contribution in [1.82, 2.24) is 8.61 Å². The highest BCUT2D eigenvalue weighted by Gasteiger charge is 2.39. The van der Waals surface area contributed by atoms with Crippen LogP contribution in [-0.4, -0.2) is 69.4 Å². The summed E-state index contributed by atoms with van der Waals surface area (Å²) in [5.74, 6) is -0.205. The van der Waals surface area contributed by atoms with Crippen molar-refractivity contribution in [1.29, 1.82) is 0 Å². The number of fused-ring (bicyclic) bond motifs is 1. The highest BCUT2D eigenvalue weighted by Crippen LogP contribution is 2.34. The van der Waals surface area contributed by atoms with E-state index in [2.05, 4.69) is 0 Å². The molecule has 3 rings (SSSR count). The van der Waals surface area contributed by atoms with Gasteiger partial charge in [-0.2, -0.15) is 8.61 Å². The van der Waals surface area contributed by atoms with Gasteiger partial charge in [0.05, 0.1) is 18.0 Å². The van der Waals surface area contributed by atoms with Gasteiger partial charge in [0.15, 0.2) is 0 Å². The largest absolute Gasteiger partial charge is 0.487 e. The third-order valence-electron chi connectivity index (χ3n) is 5.94. The highest BCUT2D eigenvalue weighted by atomic mass is 32.2. The van der Waals surface area contributed by atoms with Gasteiger partial charge in [-0.1, -0.05) is 43.3 Å². The number of ether oxygens (including phenoxy) is 1. The minimum Gasteiger partial charge on any atom is -0.487 e. The van der Waals surface area contributed by atoms with E-state index < -0.39 is 32.2 Å². The van der Waals surface area contributed by atoms with E-state index in [-0.39, 0.29) is 41.2 Å². The number of benzene rings is 2. The summed E-state index contributed by atoms with van der Waals surface area (Å²) in [6.45, 7) is 5.07. The van der Waals surface area contributed by atoms with Gasteiger partial charge in [-0.25, -0.2) is 16.8 Å². The molecular weight excluding hydrogens is 476 g/mol. The Labute approximate surface area is 202 Å². The maximum Gasteiger partial charge on any atom is 0.247 e. The molecule has 0 spiro atoms. The van der Waals surface area contributed by atoms with Gasteiger partial charge in [0.25, 0.3) is 0 Å². The molecule has 0 fully saturated rings. The van der Waals surface area contributed by atoms with Gasteiger partial charge in [0, 0.05) is 25.6 Å². The lowest BCUT2D eigenvalue weighted by atomic mass is 10.0. The summed E-state index contributed by atoms with van der Waals surface area (Å²) in [7, 11) is -6.23. The molecule has 3 atom stereocenters.